The highest BCUT2D eigenvalue weighted by Gasteiger charge is 2.07. The van der Waals surface area contributed by atoms with Crippen molar-refractivity contribution in [1.29, 1.82) is 0 Å². The molecule has 6 nitrogen and oxygen atoms in total. The van der Waals surface area contributed by atoms with Gasteiger partial charge in [-0.2, -0.15) is 5.10 Å². The molecule has 19 heavy (non-hydrogen) atoms. The highest BCUT2D eigenvalue weighted by molar-refractivity contribution is 5.92. The summed E-state index contributed by atoms with van der Waals surface area (Å²) in [4.78, 5) is 15.2. The summed E-state index contributed by atoms with van der Waals surface area (Å²) in [5.41, 5.74) is 12.8. The molecule has 1 aromatic carbocycles. The zero-order valence-corrected chi connectivity index (χ0v) is 9.95. The number of hydrogen-bond acceptors (Lipinski definition) is 4. The van der Waals surface area contributed by atoms with E-state index in [1.54, 1.807) is 23.0 Å². The number of primary amides is 1. The Hall–Kier alpha value is -2.89. The van der Waals surface area contributed by atoms with E-state index in [9.17, 15) is 4.79 Å². The first kappa shape index (κ1) is 11.2. The molecule has 0 saturated heterocycles. The van der Waals surface area contributed by atoms with Crippen molar-refractivity contribution >= 4 is 22.5 Å². The van der Waals surface area contributed by atoms with Crippen molar-refractivity contribution < 1.29 is 4.79 Å². The summed E-state index contributed by atoms with van der Waals surface area (Å²) in [6, 6.07) is 8.84. The molecule has 3 aromatic rings. The lowest BCUT2D eigenvalue weighted by Crippen LogP contribution is -2.11. The Bertz CT molecular complexity index is 760. The van der Waals surface area contributed by atoms with E-state index in [2.05, 4.69) is 10.1 Å². The number of nitrogens with zero attached hydrogens (tertiary/aromatic N) is 3. The van der Waals surface area contributed by atoms with Gasteiger partial charge in [0.2, 0.25) is 5.91 Å². The Labute approximate surface area is 108 Å². The molecule has 2 heterocycles. The van der Waals surface area contributed by atoms with Gasteiger partial charge in [-0.05, 0) is 30.3 Å². The van der Waals surface area contributed by atoms with E-state index in [0.717, 1.165) is 10.9 Å². The zero-order valence-electron chi connectivity index (χ0n) is 9.95. The number of anilines is 1. The molecule has 0 aliphatic heterocycles. The average Bonchev–Trinajstić information content (AvgIpc) is 2.81. The van der Waals surface area contributed by atoms with Crippen molar-refractivity contribution in [1.82, 2.24) is 14.8 Å². The van der Waals surface area contributed by atoms with Crippen LogP contribution in [0.2, 0.25) is 0 Å². The maximum absolute atomic E-state index is 11.0. The van der Waals surface area contributed by atoms with Crippen molar-refractivity contribution in [3.8, 4) is 5.82 Å². The number of nitrogens with two attached hydrogens (primary N) is 2. The molecule has 0 aliphatic carbocycles. The Morgan fingerprint density at radius 1 is 1.16 bits per heavy atom. The summed E-state index contributed by atoms with van der Waals surface area (Å²) in [7, 11) is 0. The number of carbonyl (C=O) groups is 1. The van der Waals surface area contributed by atoms with E-state index in [-0.39, 0.29) is 0 Å². The van der Waals surface area contributed by atoms with Gasteiger partial charge in [0.25, 0.3) is 0 Å². The molecule has 1 amide bonds. The number of pyridine rings is 1. The molecule has 0 saturated carbocycles. The molecule has 0 fully saturated rings. The second-order valence-corrected chi connectivity index (χ2v) is 4.14. The van der Waals surface area contributed by atoms with Crippen LogP contribution >= 0.6 is 0 Å². The van der Waals surface area contributed by atoms with Crippen LogP contribution in [-0.4, -0.2) is 20.7 Å². The van der Waals surface area contributed by atoms with Crippen LogP contribution in [0.25, 0.3) is 16.7 Å². The molecule has 94 valence electrons. The largest absolute Gasteiger partial charge is 0.399 e. The van der Waals surface area contributed by atoms with E-state index in [0.29, 0.717) is 17.1 Å². The zero-order chi connectivity index (χ0) is 13.4. The van der Waals surface area contributed by atoms with Crippen LogP contribution in [0.15, 0.2) is 42.7 Å². The van der Waals surface area contributed by atoms with Crippen molar-refractivity contribution in [2.24, 2.45) is 5.73 Å². The third-order valence-electron chi connectivity index (χ3n) is 2.84. The van der Waals surface area contributed by atoms with Crippen LogP contribution in [0.4, 0.5) is 5.69 Å². The fraction of sp³-hybridized carbons (Fsp3) is 0. The van der Waals surface area contributed by atoms with Crippen LogP contribution < -0.4 is 11.5 Å². The Morgan fingerprint density at radius 3 is 2.68 bits per heavy atom. The first-order chi connectivity index (χ1) is 9.15. The summed E-state index contributed by atoms with van der Waals surface area (Å²) in [6.07, 6.45) is 3.16. The van der Waals surface area contributed by atoms with Crippen molar-refractivity contribution in [2.45, 2.75) is 0 Å². The van der Waals surface area contributed by atoms with Gasteiger partial charge in [-0.15, -0.1) is 0 Å². The SMILES string of the molecule is NC(=O)c1ccc(-n2ncc3ccc(N)cc32)nc1. The highest BCUT2D eigenvalue weighted by atomic mass is 16.1. The molecule has 0 radical (unpaired) electrons. The first-order valence-corrected chi connectivity index (χ1v) is 5.64. The van der Waals surface area contributed by atoms with Gasteiger partial charge >= 0.3 is 0 Å². The minimum atomic E-state index is -0.506. The lowest BCUT2D eigenvalue weighted by molar-refractivity contribution is 0.1000. The van der Waals surface area contributed by atoms with E-state index in [1.165, 1.54) is 6.20 Å². The van der Waals surface area contributed by atoms with E-state index < -0.39 is 5.91 Å². The Kier molecular flexibility index (Phi) is 2.42. The number of aromatic nitrogens is 3. The number of benzene rings is 1. The summed E-state index contributed by atoms with van der Waals surface area (Å²) in [6.45, 7) is 0. The van der Waals surface area contributed by atoms with Crippen LogP contribution in [0.3, 0.4) is 0 Å². The van der Waals surface area contributed by atoms with Gasteiger partial charge in [-0.3, -0.25) is 4.79 Å². The van der Waals surface area contributed by atoms with Gasteiger partial charge in [0.15, 0.2) is 5.82 Å². The molecule has 0 aliphatic rings. The molecule has 0 bridgehead atoms. The summed E-state index contributed by atoms with van der Waals surface area (Å²) < 4.78 is 1.66. The fourth-order valence-electron chi connectivity index (χ4n) is 1.88. The fourth-order valence-corrected chi connectivity index (χ4v) is 1.88. The number of rotatable bonds is 2. The molecule has 0 spiro atoms. The molecule has 6 heteroatoms. The van der Waals surface area contributed by atoms with Crippen molar-refractivity contribution in [2.75, 3.05) is 5.73 Å². The maximum atomic E-state index is 11.0. The lowest BCUT2D eigenvalue weighted by atomic mass is 10.2. The van der Waals surface area contributed by atoms with E-state index in [4.69, 9.17) is 11.5 Å². The highest BCUT2D eigenvalue weighted by Crippen LogP contribution is 2.19. The number of amides is 1. The predicted molar refractivity (Wildman–Crippen MR) is 71.8 cm³/mol. The van der Waals surface area contributed by atoms with Crippen molar-refractivity contribution in [3.05, 3.63) is 48.3 Å². The van der Waals surface area contributed by atoms with Crippen LogP contribution in [0, 0.1) is 0 Å². The third-order valence-corrected chi connectivity index (χ3v) is 2.84. The Balaban J connectivity index is 2.13. The van der Waals surface area contributed by atoms with Gasteiger partial charge in [-0.25, -0.2) is 9.67 Å². The Morgan fingerprint density at radius 2 is 2.00 bits per heavy atom. The molecule has 3 rings (SSSR count). The summed E-state index contributed by atoms with van der Waals surface area (Å²) in [5.74, 6) is 0.0965. The second kappa shape index (κ2) is 4.09. The predicted octanol–water partition coefficient (Wildman–Crippen LogP) is 1.10. The number of nitrogen functional groups attached to an aromatic ring is 1. The van der Waals surface area contributed by atoms with Crippen LogP contribution in [0.5, 0.6) is 0 Å². The van der Waals surface area contributed by atoms with Gasteiger partial charge in [0, 0.05) is 17.3 Å². The number of carbonyl (C=O) groups excluding carboxylic acids is 1. The van der Waals surface area contributed by atoms with Gasteiger partial charge < -0.3 is 11.5 Å². The molecule has 0 unspecified atom stereocenters. The van der Waals surface area contributed by atoms with Gasteiger partial charge in [-0.1, -0.05) is 0 Å². The number of hydrogen-bond donors (Lipinski definition) is 2. The van der Waals surface area contributed by atoms with Crippen LogP contribution in [-0.2, 0) is 0 Å². The quantitative estimate of drug-likeness (QED) is 0.668. The molecule has 4 N–H and O–H groups in total. The second-order valence-electron chi connectivity index (χ2n) is 4.14. The minimum absolute atomic E-state index is 0.361. The van der Waals surface area contributed by atoms with Crippen molar-refractivity contribution in [3.63, 3.8) is 0 Å². The normalized spacial score (nSPS) is 10.7. The average molecular weight is 253 g/mol. The molecular formula is C13H11N5O. The van der Waals surface area contributed by atoms with E-state index in [1.807, 2.05) is 18.2 Å². The summed E-state index contributed by atoms with van der Waals surface area (Å²) >= 11 is 0. The minimum Gasteiger partial charge on any atom is -0.399 e. The topological polar surface area (TPSA) is 99.8 Å². The van der Waals surface area contributed by atoms with Gasteiger partial charge in [0.1, 0.15) is 0 Å². The lowest BCUT2D eigenvalue weighted by Gasteiger charge is -2.03. The van der Waals surface area contributed by atoms with Crippen LogP contribution in [0.1, 0.15) is 10.4 Å². The molecule has 2 aromatic heterocycles. The monoisotopic (exact) mass is 253 g/mol. The maximum Gasteiger partial charge on any atom is 0.250 e. The van der Waals surface area contributed by atoms with Gasteiger partial charge in [0.05, 0.1) is 17.3 Å². The standard InChI is InChI=1S/C13H11N5O/c14-10-3-1-8-7-17-18(11(8)5-10)12-4-2-9(6-16-12)13(15)19/h1-7H,14H2,(H2,15,19). The molecule has 0 atom stereocenters. The van der Waals surface area contributed by atoms with E-state index >= 15 is 0 Å². The molecular weight excluding hydrogens is 242 g/mol. The third kappa shape index (κ3) is 1.89. The number of fused-ring (bicyclic) bond motifs is 1. The first-order valence-electron chi connectivity index (χ1n) is 5.64. The smallest absolute Gasteiger partial charge is 0.250 e. The summed E-state index contributed by atoms with van der Waals surface area (Å²) in [5, 5.41) is 5.23.